The predicted molar refractivity (Wildman–Crippen MR) is 279 cm³/mol. The number of benzene rings is 2. The Morgan fingerprint density at radius 1 is 0.766 bits per heavy atom. The third-order valence-electron chi connectivity index (χ3n) is 13.0. The number of unbranched alkanes of at least 4 members (excludes halogenated alkanes) is 2. The number of imide groups is 1. The first kappa shape index (κ1) is 62.3. The SMILES string of the molecule is CC(C)[C@H](NC(=O)CCCCCN1C(=O)C=CC1=O)C(=O)N[C@@H](C)C(=O)N[C@@H](CCCC(N)C(=O)[C@@H](C)NC(=O)[C@@H](N)CCN(C(=O)CO)[C@@H](c1nc(-c2cc(F)ccc2F)cn1Cc1ccccc1)C(C)(C)C)C(=O)O. The fraction of sp³-hybridized carbons (Fsp3) is 0.519. The lowest BCUT2D eigenvalue weighted by Gasteiger charge is -2.40. The van der Waals surface area contributed by atoms with Crippen LogP contribution in [0.3, 0.4) is 0 Å². The molecule has 4 rings (SSSR count). The van der Waals surface area contributed by atoms with Gasteiger partial charge in [0, 0.05) is 50.0 Å². The predicted octanol–water partition coefficient (Wildman–Crippen LogP) is 2.77. The molecule has 0 spiro atoms. The number of nitrogens with one attached hydrogen (secondary N) is 4. The number of aliphatic hydroxyl groups excluding tert-OH is 1. The number of ketones is 1. The van der Waals surface area contributed by atoms with E-state index in [1.165, 1.54) is 30.9 Å². The molecule has 1 aliphatic heterocycles. The molecule has 0 fully saturated rings. The summed E-state index contributed by atoms with van der Waals surface area (Å²) in [7, 11) is 0. The van der Waals surface area contributed by atoms with E-state index in [1.54, 1.807) is 24.6 Å². The number of halogens is 2. The molecule has 2 heterocycles. The van der Waals surface area contributed by atoms with E-state index in [0.717, 1.165) is 28.7 Å². The zero-order valence-corrected chi connectivity index (χ0v) is 44.7. The van der Waals surface area contributed by atoms with Crippen molar-refractivity contribution >= 4 is 53.1 Å². The van der Waals surface area contributed by atoms with Crippen molar-refractivity contribution in [3.63, 3.8) is 0 Å². The highest BCUT2D eigenvalue weighted by Gasteiger charge is 2.39. The number of carboxylic acid groups (broad SMARTS) is 1. The summed E-state index contributed by atoms with van der Waals surface area (Å²) in [5, 5.41) is 30.2. The molecule has 7 amide bonds. The first-order valence-corrected chi connectivity index (χ1v) is 25.7. The van der Waals surface area contributed by atoms with Crippen molar-refractivity contribution in [2.45, 2.75) is 149 Å². The Morgan fingerprint density at radius 3 is 2.03 bits per heavy atom. The number of aromatic nitrogens is 2. The maximum atomic E-state index is 15.1. The summed E-state index contributed by atoms with van der Waals surface area (Å²) in [6, 6.07) is 4.05. The standard InChI is InChI=1S/C54H74F2N10O11/c1-31(2)46(63-42(68)19-12-9-13-25-65-43(69)22-23-44(65)70)52(75)60-33(4)50(73)62-40(53(76)77)18-14-17-38(57)47(72)32(3)59-51(74)39(58)24-26-66(45(71)30-67)48(54(5,6)7)49-61-41(36-27-35(55)20-21-37(36)56)29-64(49)28-34-15-10-8-11-16-34/h8,10-11,15-16,20-23,27,29,31-33,38-40,46,48,67H,9,12-14,17-19,24-26,28,30,57-58H2,1-7H3,(H,59,74)(H,60,75)(H,62,73)(H,63,68)(H,76,77)/t32-,33+,38?,39+,40+,46+,48+/m1/s1. The fourth-order valence-electron chi connectivity index (χ4n) is 8.75. The van der Waals surface area contributed by atoms with Crippen LogP contribution in [0.25, 0.3) is 11.3 Å². The number of carbonyl (C=O) groups excluding carboxylic acids is 8. The van der Waals surface area contributed by atoms with Gasteiger partial charge in [-0.15, -0.1) is 0 Å². The molecule has 420 valence electrons. The first-order chi connectivity index (χ1) is 36.2. The van der Waals surface area contributed by atoms with Crippen molar-refractivity contribution in [1.82, 2.24) is 40.6 Å². The van der Waals surface area contributed by atoms with Gasteiger partial charge in [0.2, 0.25) is 29.5 Å². The number of Topliss-reactive ketones (excluding diaryl/α,β-unsaturated/α-hetero) is 1. The van der Waals surface area contributed by atoms with Crippen molar-refractivity contribution < 1.29 is 62.1 Å². The van der Waals surface area contributed by atoms with E-state index >= 15 is 4.39 Å². The van der Waals surface area contributed by atoms with E-state index in [-0.39, 0.29) is 86.6 Å². The van der Waals surface area contributed by atoms with E-state index in [0.29, 0.717) is 19.3 Å². The Balaban J connectivity index is 1.30. The topological polar surface area (TPSA) is 319 Å². The number of carbonyl (C=O) groups is 9. The van der Waals surface area contributed by atoms with E-state index in [4.69, 9.17) is 16.5 Å². The lowest BCUT2D eigenvalue weighted by Crippen LogP contribution is -2.56. The number of aliphatic carboxylic acids is 1. The molecule has 1 aliphatic rings. The number of carboxylic acids is 1. The van der Waals surface area contributed by atoms with Crippen molar-refractivity contribution in [3.8, 4) is 11.3 Å². The number of hydrogen-bond donors (Lipinski definition) is 8. The summed E-state index contributed by atoms with van der Waals surface area (Å²) < 4.78 is 31.3. The summed E-state index contributed by atoms with van der Waals surface area (Å²) >= 11 is 0. The number of imidazole rings is 1. The number of rotatable bonds is 30. The second-order valence-electron chi connectivity index (χ2n) is 20.7. The maximum Gasteiger partial charge on any atom is 0.326 e. The number of aliphatic hydroxyl groups is 1. The molecule has 0 bridgehead atoms. The Labute approximate surface area is 446 Å². The number of nitrogens with zero attached hydrogens (tertiary/aromatic N) is 4. The van der Waals surface area contributed by atoms with Gasteiger partial charge in [-0.3, -0.25) is 43.3 Å². The molecule has 1 unspecified atom stereocenters. The van der Waals surface area contributed by atoms with Gasteiger partial charge in [-0.1, -0.05) is 71.4 Å². The highest BCUT2D eigenvalue weighted by molar-refractivity contribution is 6.12. The van der Waals surface area contributed by atoms with Crippen LogP contribution in [0.5, 0.6) is 0 Å². The second kappa shape index (κ2) is 28.8. The average molecular weight is 1080 g/mol. The molecule has 0 saturated carbocycles. The monoisotopic (exact) mass is 1080 g/mol. The Kier molecular flexibility index (Phi) is 23.3. The third-order valence-corrected chi connectivity index (χ3v) is 13.0. The minimum Gasteiger partial charge on any atom is -0.480 e. The summed E-state index contributed by atoms with van der Waals surface area (Å²) in [4.78, 5) is 122. The summed E-state index contributed by atoms with van der Waals surface area (Å²) in [5.41, 5.74) is 12.6. The van der Waals surface area contributed by atoms with Crippen LogP contribution in [0, 0.1) is 23.0 Å². The molecule has 23 heteroatoms. The minimum atomic E-state index is -1.43. The van der Waals surface area contributed by atoms with Gasteiger partial charge in [-0.2, -0.15) is 0 Å². The van der Waals surface area contributed by atoms with Crippen LogP contribution in [-0.2, 0) is 49.7 Å². The lowest BCUT2D eigenvalue weighted by atomic mass is 9.84. The van der Waals surface area contributed by atoms with Gasteiger partial charge in [-0.05, 0) is 87.5 Å². The molecule has 3 aromatic rings. The molecule has 1 aromatic heterocycles. The van der Waals surface area contributed by atoms with Crippen molar-refractivity contribution in [1.29, 1.82) is 0 Å². The zero-order valence-electron chi connectivity index (χ0n) is 44.7. The molecule has 77 heavy (non-hydrogen) atoms. The van der Waals surface area contributed by atoms with Crippen molar-refractivity contribution in [2.75, 3.05) is 19.7 Å². The van der Waals surface area contributed by atoms with Crippen LogP contribution in [-0.4, -0.2) is 139 Å². The maximum absolute atomic E-state index is 15.1. The fourth-order valence-corrected chi connectivity index (χ4v) is 8.75. The van der Waals surface area contributed by atoms with E-state index < -0.39 is 107 Å². The van der Waals surface area contributed by atoms with Gasteiger partial charge in [0.15, 0.2) is 5.78 Å². The van der Waals surface area contributed by atoms with Crippen molar-refractivity contribution in [3.05, 3.63) is 89.9 Å². The molecule has 21 nitrogen and oxygen atoms in total. The van der Waals surface area contributed by atoms with Crippen LogP contribution in [0.15, 0.2) is 66.9 Å². The number of nitrogens with two attached hydrogens (primary N) is 2. The van der Waals surface area contributed by atoms with Crippen LogP contribution in [0.4, 0.5) is 8.78 Å². The lowest BCUT2D eigenvalue weighted by molar-refractivity contribution is -0.142. The number of amides is 7. The molecule has 10 N–H and O–H groups in total. The van der Waals surface area contributed by atoms with E-state index in [2.05, 4.69) is 21.3 Å². The Morgan fingerprint density at radius 2 is 1.42 bits per heavy atom. The van der Waals surface area contributed by atoms with Gasteiger partial charge < -0.3 is 52.4 Å². The summed E-state index contributed by atoms with van der Waals surface area (Å²) in [6.45, 7) is 11.0. The van der Waals surface area contributed by atoms with Gasteiger partial charge in [0.05, 0.1) is 29.9 Å². The summed E-state index contributed by atoms with van der Waals surface area (Å²) in [5.74, 6) is -7.65. The molecule has 0 saturated heterocycles. The third kappa shape index (κ3) is 18.2. The van der Waals surface area contributed by atoms with Gasteiger partial charge in [0.1, 0.15) is 42.2 Å². The summed E-state index contributed by atoms with van der Waals surface area (Å²) in [6.07, 6.45) is 5.19. The largest absolute Gasteiger partial charge is 0.480 e. The molecular weight excluding hydrogens is 1000 g/mol. The second-order valence-corrected chi connectivity index (χ2v) is 20.7. The number of hydrogen-bond acceptors (Lipinski definition) is 13. The van der Waals surface area contributed by atoms with E-state index in [1.807, 2.05) is 51.1 Å². The average Bonchev–Trinajstić information content (AvgIpc) is 3.95. The van der Waals surface area contributed by atoms with Gasteiger partial charge in [-0.25, -0.2) is 18.6 Å². The molecule has 7 atom stereocenters. The zero-order chi connectivity index (χ0) is 57.3. The molecule has 0 aliphatic carbocycles. The highest BCUT2D eigenvalue weighted by atomic mass is 19.1. The van der Waals surface area contributed by atoms with E-state index in [9.17, 15) is 57.8 Å². The van der Waals surface area contributed by atoms with Crippen molar-refractivity contribution in [2.24, 2.45) is 22.8 Å². The van der Waals surface area contributed by atoms with Gasteiger partial charge in [0.25, 0.3) is 11.8 Å². The Hall–Kier alpha value is -7.24. The normalized spacial score (nSPS) is 15.3. The Bertz CT molecular complexity index is 2600. The quantitative estimate of drug-likeness (QED) is 0.0352. The highest BCUT2D eigenvalue weighted by Crippen LogP contribution is 2.39. The van der Waals surface area contributed by atoms with Crippen LogP contribution in [0.2, 0.25) is 0 Å². The van der Waals surface area contributed by atoms with Crippen LogP contribution < -0.4 is 32.7 Å². The van der Waals surface area contributed by atoms with Crippen LogP contribution >= 0.6 is 0 Å². The molecule has 0 radical (unpaired) electrons. The molecule has 2 aromatic carbocycles. The molecular formula is C54H74F2N10O11. The van der Waals surface area contributed by atoms with Gasteiger partial charge >= 0.3 is 5.97 Å². The van der Waals surface area contributed by atoms with Crippen LogP contribution in [0.1, 0.15) is 117 Å². The smallest absolute Gasteiger partial charge is 0.326 e. The first-order valence-electron chi connectivity index (χ1n) is 25.7. The minimum absolute atomic E-state index is 0.0396.